The maximum absolute atomic E-state index is 4.97. The Bertz CT molecular complexity index is 2120. The molecule has 0 amide bonds. The van der Waals surface area contributed by atoms with Crippen LogP contribution in [0.25, 0.3) is 44.1 Å². The fourth-order valence-electron chi connectivity index (χ4n) is 6.69. The van der Waals surface area contributed by atoms with Gasteiger partial charge in [0.05, 0.1) is 16.9 Å². The van der Waals surface area contributed by atoms with Crippen molar-refractivity contribution in [2.45, 2.75) is 19.3 Å². The van der Waals surface area contributed by atoms with Gasteiger partial charge in [-0.1, -0.05) is 111 Å². The third kappa shape index (κ3) is 3.83. The summed E-state index contributed by atoms with van der Waals surface area (Å²) in [5.74, 6) is 0. The van der Waals surface area contributed by atoms with Crippen LogP contribution in [0.3, 0.4) is 0 Å². The first kappa shape index (κ1) is 24.6. The molecule has 8 rings (SSSR count). The fraction of sp³-hybridized carbons (Fsp3) is 0.0750. The van der Waals surface area contributed by atoms with Crippen molar-refractivity contribution in [3.05, 3.63) is 157 Å². The normalized spacial score (nSPS) is 13.2. The van der Waals surface area contributed by atoms with Crippen LogP contribution in [0.5, 0.6) is 0 Å². The second-order valence-corrected chi connectivity index (χ2v) is 11.7. The van der Waals surface area contributed by atoms with E-state index in [9.17, 15) is 0 Å². The van der Waals surface area contributed by atoms with Crippen LogP contribution < -0.4 is 4.90 Å². The predicted molar refractivity (Wildman–Crippen MR) is 177 cm³/mol. The van der Waals surface area contributed by atoms with Crippen molar-refractivity contribution in [1.82, 2.24) is 4.98 Å². The Hall–Kier alpha value is -5.21. The molecule has 200 valence electrons. The van der Waals surface area contributed by atoms with Crippen molar-refractivity contribution in [3.8, 4) is 22.4 Å². The Morgan fingerprint density at radius 1 is 0.524 bits per heavy atom. The van der Waals surface area contributed by atoms with Crippen LogP contribution in [0.4, 0.5) is 17.1 Å². The highest BCUT2D eigenvalue weighted by molar-refractivity contribution is 5.97. The number of nitrogens with zero attached hydrogens (tertiary/aromatic N) is 2. The number of rotatable bonds is 4. The molecule has 6 aromatic carbocycles. The molecule has 1 aliphatic rings. The Kier molecular flexibility index (Phi) is 5.52. The molecular weight excluding hydrogens is 508 g/mol. The molecule has 1 heterocycles. The summed E-state index contributed by atoms with van der Waals surface area (Å²) < 4.78 is 0. The summed E-state index contributed by atoms with van der Waals surface area (Å²) in [6.07, 6.45) is 0. The molecule has 1 aromatic heterocycles. The fourth-order valence-corrected chi connectivity index (χ4v) is 6.69. The monoisotopic (exact) mass is 538 g/mol. The molecule has 42 heavy (non-hydrogen) atoms. The number of anilines is 3. The van der Waals surface area contributed by atoms with Gasteiger partial charge in [0, 0.05) is 33.3 Å². The van der Waals surface area contributed by atoms with E-state index in [2.05, 4.69) is 158 Å². The van der Waals surface area contributed by atoms with Crippen molar-refractivity contribution in [2.24, 2.45) is 0 Å². The van der Waals surface area contributed by atoms with Crippen molar-refractivity contribution < 1.29 is 0 Å². The highest BCUT2D eigenvalue weighted by Gasteiger charge is 2.37. The minimum Gasteiger partial charge on any atom is -0.310 e. The Morgan fingerprint density at radius 2 is 1.26 bits per heavy atom. The largest absolute Gasteiger partial charge is 0.310 e. The Labute approximate surface area is 246 Å². The van der Waals surface area contributed by atoms with E-state index >= 15 is 0 Å². The number of hydrogen-bond acceptors (Lipinski definition) is 2. The van der Waals surface area contributed by atoms with Crippen molar-refractivity contribution in [1.29, 1.82) is 0 Å². The van der Waals surface area contributed by atoms with Crippen LogP contribution in [-0.4, -0.2) is 4.98 Å². The van der Waals surface area contributed by atoms with Gasteiger partial charge in [-0.2, -0.15) is 0 Å². The first-order valence-electron chi connectivity index (χ1n) is 14.6. The number of hydrogen-bond donors (Lipinski definition) is 0. The first-order chi connectivity index (χ1) is 20.6. The highest BCUT2D eigenvalue weighted by Crippen LogP contribution is 2.54. The lowest BCUT2D eigenvalue weighted by Gasteiger charge is -2.29. The van der Waals surface area contributed by atoms with Crippen LogP contribution >= 0.6 is 0 Å². The summed E-state index contributed by atoms with van der Waals surface area (Å²) >= 11 is 0. The van der Waals surface area contributed by atoms with Crippen LogP contribution in [-0.2, 0) is 5.41 Å². The van der Waals surface area contributed by atoms with Crippen molar-refractivity contribution >= 4 is 38.7 Å². The predicted octanol–water partition coefficient (Wildman–Crippen LogP) is 10.8. The molecule has 0 saturated carbocycles. The van der Waals surface area contributed by atoms with Crippen LogP contribution in [0.15, 0.2) is 146 Å². The van der Waals surface area contributed by atoms with Gasteiger partial charge < -0.3 is 4.90 Å². The smallest absolute Gasteiger partial charge is 0.0709 e. The first-order valence-corrected chi connectivity index (χ1v) is 14.6. The topological polar surface area (TPSA) is 16.1 Å². The van der Waals surface area contributed by atoms with Crippen molar-refractivity contribution in [2.75, 3.05) is 4.90 Å². The lowest BCUT2D eigenvalue weighted by molar-refractivity contribution is 0.660. The van der Waals surface area contributed by atoms with Gasteiger partial charge in [0.25, 0.3) is 0 Å². The minimum absolute atomic E-state index is 0.0601. The SMILES string of the molecule is CC1(C)c2ccccc2-c2c(N(c3ccccc3)c3ccc4ccc(-c5ccc6ccccc6n5)cc4c3)cccc21. The van der Waals surface area contributed by atoms with Gasteiger partial charge in [-0.05, 0) is 76.0 Å². The van der Waals surface area contributed by atoms with E-state index in [4.69, 9.17) is 4.98 Å². The number of para-hydroxylation sites is 2. The molecule has 0 saturated heterocycles. The van der Waals surface area contributed by atoms with E-state index in [0.29, 0.717) is 0 Å². The minimum atomic E-state index is -0.0601. The van der Waals surface area contributed by atoms with Gasteiger partial charge in [-0.3, -0.25) is 0 Å². The zero-order valence-corrected chi connectivity index (χ0v) is 23.8. The molecule has 0 bridgehead atoms. The molecule has 0 unspecified atom stereocenters. The van der Waals surface area contributed by atoms with Gasteiger partial charge in [-0.15, -0.1) is 0 Å². The van der Waals surface area contributed by atoms with Gasteiger partial charge in [0.1, 0.15) is 0 Å². The third-order valence-corrected chi connectivity index (χ3v) is 8.82. The van der Waals surface area contributed by atoms with E-state index in [1.54, 1.807) is 0 Å². The van der Waals surface area contributed by atoms with Gasteiger partial charge in [0.15, 0.2) is 0 Å². The number of pyridine rings is 1. The highest BCUT2D eigenvalue weighted by atomic mass is 15.1. The lowest BCUT2D eigenvalue weighted by atomic mass is 9.82. The molecule has 0 fully saturated rings. The van der Waals surface area contributed by atoms with E-state index in [0.717, 1.165) is 33.5 Å². The molecule has 1 aliphatic carbocycles. The molecule has 0 spiro atoms. The molecule has 2 heteroatoms. The number of benzene rings is 6. The standard InChI is InChI=1S/C40H30N2/c1-40(2)34-15-8-7-14-33(34)39-35(40)16-10-18-38(39)42(31-12-4-3-5-13-31)32-23-21-27-19-20-29(25-30(27)26-32)37-24-22-28-11-6-9-17-36(28)41-37/h3-26H,1-2H3. The quantitative estimate of drug-likeness (QED) is 0.222. The summed E-state index contributed by atoms with van der Waals surface area (Å²) in [6, 6.07) is 52.4. The van der Waals surface area contributed by atoms with Crippen molar-refractivity contribution in [3.63, 3.8) is 0 Å². The molecule has 2 nitrogen and oxygen atoms in total. The Balaban J connectivity index is 1.32. The molecule has 0 N–H and O–H groups in total. The Morgan fingerprint density at radius 3 is 2.17 bits per heavy atom. The van der Waals surface area contributed by atoms with E-state index in [1.807, 2.05) is 6.07 Å². The maximum Gasteiger partial charge on any atom is 0.0709 e. The zero-order valence-electron chi connectivity index (χ0n) is 23.8. The summed E-state index contributed by atoms with van der Waals surface area (Å²) in [5, 5.41) is 3.55. The molecule has 0 atom stereocenters. The number of aromatic nitrogens is 1. The molecule has 0 radical (unpaired) electrons. The summed E-state index contributed by atoms with van der Waals surface area (Å²) in [7, 11) is 0. The molecule has 7 aromatic rings. The van der Waals surface area contributed by atoms with E-state index < -0.39 is 0 Å². The third-order valence-electron chi connectivity index (χ3n) is 8.82. The van der Waals surface area contributed by atoms with Gasteiger partial charge >= 0.3 is 0 Å². The van der Waals surface area contributed by atoms with Gasteiger partial charge in [0.2, 0.25) is 0 Å². The van der Waals surface area contributed by atoms with Crippen LogP contribution in [0, 0.1) is 0 Å². The zero-order chi connectivity index (χ0) is 28.3. The summed E-state index contributed by atoms with van der Waals surface area (Å²) in [6.45, 7) is 4.68. The second kappa shape index (κ2) is 9.43. The summed E-state index contributed by atoms with van der Waals surface area (Å²) in [5.41, 5.74) is 11.9. The second-order valence-electron chi connectivity index (χ2n) is 11.7. The lowest BCUT2D eigenvalue weighted by Crippen LogP contribution is -2.16. The average molecular weight is 539 g/mol. The average Bonchev–Trinajstić information content (AvgIpc) is 3.28. The van der Waals surface area contributed by atoms with E-state index in [1.165, 1.54) is 38.7 Å². The van der Waals surface area contributed by atoms with Crippen LogP contribution in [0.2, 0.25) is 0 Å². The van der Waals surface area contributed by atoms with Gasteiger partial charge in [-0.25, -0.2) is 4.98 Å². The number of fused-ring (bicyclic) bond motifs is 5. The molecular formula is C40H30N2. The van der Waals surface area contributed by atoms with Crippen LogP contribution in [0.1, 0.15) is 25.0 Å². The summed E-state index contributed by atoms with van der Waals surface area (Å²) in [4.78, 5) is 7.38. The maximum atomic E-state index is 4.97. The van der Waals surface area contributed by atoms with E-state index in [-0.39, 0.29) is 5.41 Å². The molecule has 0 aliphatic heterocycles.